The number of carbonyl (C=O) groups excluding carboxylic acids is 1. The van der Waals surface area contributed by atoms with Crippen molar-refractivity contribution in [1.82, 2.24) is 20.4 Å². The molecule has 0 aliphatic carbocycles. The van der Waals surface area contributed by atoms with E-state index in [0.29, 0.717) is 5.96 Å². The Balaban J connectivity index is 2.33. The summed E-state index contributed by atoms with van der Waals surface area (Å²) in [7, 11) is 3.46. The predicted molar refractivity (Wildman–Crippen MR) is 55.3 cm³/mol. The lowest BCUT2D eigenvalue weighted by Crippen LogP contribution is -2.24. The van der Waals surface area contributed by atoms with Crippen molar-refractivity contribution in [2.24, 2.45) is 12.0 Å². The first-order chi connectivity index (χ1) is 7.11. The van der Waals surface area contributed by atoms with Gasteiger partial charge in [0.05, 0.1) is 5.69 Å². The standard InChI is InChI=1S/C9H13N5O/c1-5-6(4-14(3)13-5)7-8(15)12-9(10-2)11-7/h4,7H,1-3H3,(H2,10,11,12,15). The summed E-state index contributed by atoms with van der Waals surface area (Å²) in [5, 5.41) is 9.85. The van der Waals surface area contributed by atoms with E-state index in [-0.39, 0.29) is 11.9 Å². The molecule has 1 fully saturated rings. The summed E-state index contributed by atoms with van der Waals surface area (Å²) in [6.07, 6.45) is 1.84. The molecule has 0 aromatic carbocycles. The third-order valence-electron chi connectivity index (χ3n) is 2.37. The fraction of sp³-hybridized carbons (Fsp3) is 0.444. The number of aryl methyl sites for hydroxylation is 2. The minimum Gasteiger partial charge on any atom is -0.340 e. The topological polar surface area (TPSA) is 71.3 Å². The van der Waals surface area contributed by atoms with Crippen LogP contribution in [0.15, 0.2) is 11.2 Å². The summed E-state index contributed by atoms with van der Waals surface area (Å²) < 4.78 is 1.70. The van der Waals surface area contributed by atoms with Crippen LogP contribution in [0.4, 0.5) is 0 Å². The zero-order valence-corrected chi connectivity index (χ0v) is 8.90. The van der Waals surface area contributed by atoms with Gasteiger partial charge in [0, 0.05) is 25.9 Å². The van der Waals surface area contributed by atoms with E-state index in [0.717, 1.165) is 11.3 Å². The SMILES string of the molecule is CN=C1NC(=O)C(c2cn(C)nc2C)N1. The molecular formula is C9H13N5O. The highest BCUT2D eigenvalue weighted by Crippen LogP contribution is 2.18. The highest BCUT2D eigenvalue weighted by Gasteiger charge is 2.31. The molecule has 80 valence electrons. The Kier molecular flexibility index (Phi) is 2.18. The second-order valence-electron chi connectivity index (χ2n) is 3.48. The number of guanidine groups is 1. The molecule has 1 saturated heterocycles. The first-order valence-electron chi connectivity index (χ1n) is 4.66. The normalized spacial score (nSPS) is 23.0. The van der Waals surface area contributed by atoms with Crippen LogP contribution in [0.1, 0.15) is 17.3 Å². The van der Waals surface area contributed by atoms with E-state index in [4.69, 9.17) is 0 Å². The number of nitrogens with zero attached hydrogens (tertiary/aromatic N) is 3. The lowest BCUT2D eigenvalue weighted by atomic mass is 10.1. The molecule has 1 amide bonds. The van der Waals surface area contributed by atoms with Crippen molar-refractivity contribution >= 4 is 11.9 Å². The van der Waals surface area contributed by atoms with Gasteiger partial charge in [-0.2, -0.15) is 5.10 Å². The quantitative estimate of drug-likeness (QED) is 0.650. The molecule has 2 heterocycles. The van der Waals surface area contributed by atoms with Crippen LogP contribution in [-0.4, -0.2) is 28.7 Å². The van der Waals surface area contributed by atoms with Crippen LogP contribution in [-0.2, 0) is 11.8 Å². The number of carbonyl (C=O) groups is 1. The van der Waals surface area contributed by atoms with Gasteiger partial charge in [-0.25, -0.2) is 0 Å². The maximum absolute atomic E-state index is 11.6. The van der Waals surface area contributed by atoms with E-state index in [9.17, 15) is 4.79 Å². The maximum atomic E-state index is 11.6. The number of rotatable bonds is 1. The molecule has 2 N–H and O–H groups in total. The molecule has 1 aliphatic rings. The molecule has 1 unspecified atom stereocenters. The van der Waals surface area contributed by atoms with E-state index in [1.807, 2.05) is 20.2 Å². The first-order valence-corrected chi connectivity index (χ1v) is 4.66. The molecule has 2 rings (SSSR count). The van der Waals surface area contributed by atoms with Gasteiger partial charge in [-0.1, -0.05) is 0 Å². The zero-order chi connectivity index (χ0) is 11.0. The first kappa shape index (κ1) is 9.70. The van der Waals surface area contributed by atoms with Crippen LogP contribution in [0.3, 0.4) is 0 Å². The molecule has 1 aromatic heterocycles. The Bertz CT molecular complexity index is 434. The highest BCUT2D eigenvalue weighted by molar-refractivity contribution is 6.06. The predicted octanol–water partition coefficient (Wildman–Crippen LogP) is -0.525. The highest BCUT2D eigenvalue weighted by atomic mass is 16.2. The average molecular weight is 207 g/mol. The summed E-state index contributed by atoms with van der Waals surface area (Å²) in [6.45, 7) is 1.88. The number of hydrogen-bond acceptors (Lipinski definition) is 3. The van der Waals surface area contributed by atoms with E-state index in [2.05, 4.69) is 20.7 Å². The second kappa shape index (κ2) is 3.38. The summed E-state index contributed by atoms with van der Waals surface area (Å²) in [6, 6.07) is -0.377. The minimum absolute atomic E-state index is 0.0910. The molecular weight excluding hydrogens is 194 g/mol. The van der Waals surface area contributed by atoms with Gasteiger partial charge in [-0.15, -0.1) is 0 Å². The summed E-state index contributed by atoms with van der Waals surface area (Å²) >= 11 is 0. The Morgan fingerprint density at radius 1 is 1.60 bits per heavy atom. The fourth-order valence-corrected chi connectivity index (χ4v) is 1.67. The van der Waals surface area contributed by atoms with Gasteiger partial charge >= 0.3 is 0 Å². The monoisotopic (exact) mass is 207 g/mol. The van der Waals surface area contributed by atoms with Gasteiger partial charge < -0.3 is 5.32 Å². The molecule has 0 bridgehead atoms. The lowest BCUT2D eigenvalue weighted by molar-refractivity contribution is -0.120. The third kappa shape index (κ3) is 1.58. The van der Waals surface area contributed by atoms with Gasteiger partial charge in [0.15, 0.2) is 5.96 Å². The van der Waals surface area contributed by atoms with Crippen molar-refractivity contribution in [2.45, 2.75) is 13.0 Å². The van der Waals surface area contributed by atoms with E-state index < -0.39 is 0 Å². The summed E-state index contributed by atoms with van der Waals surface area (Å²) in [5.41, 5.74) is 1.73. The molecule has 15 heavy (non-hydrogen) atoms. The van der Waals surface area contributed by atoms with Gasteiger partial charge in [0.25, 0.3) is 5.91 Å². The largest absolute Gasteiger partial charge is 0.340 e. The molecule has 6 nitrogen and oxygen atoms in total. The van der Waals surface area contributed by atoms with Crippen molar-refractivity contribution < 1.29 is 4.79 Å². The van der Waals surface area contributed by atoms with Crippen LogP contribution in [0.25, 0.3) is 0 Å². The second-order valence-corrected chi connectivity index (χ2v) is 3.48. The van der Waals surface area contributed by atoms with Crippen LogP contribution in [0, 0.1) is 6.92 Å². The molecule has 1 aliphatic heterocycles. The summed E-state index contributed by atoms with van der Waals surface area (Å²) in [5.74, 6) is 0.417. The van der Waals surface area contributed by atoms with Crippen molar-refractivity contribution in [2.75, 3.05) is 7.05 Å². The number of nitrogens with one attached hydrogen (secondary N) is 2. The fourth-order valence-electron chi connectivity index (χ4n) is 1.67. The van der Waals surface area contributed by atoms with E-state index in [1.54, 1.807) is 11.7 Å². The minimum atomic E-state index is -0.377. The molecule has 0 saturated carbocycles. The zero-order valence-electron chi connectivity index (χ0n) is 8.90. The Morgan fingerprint density at radius 3 is 2.80 bits per heavy atom. The number of hydrogen-bond donors (Lipinski definition) is 2. The van der Waals surface area contributed by atoms with Crippen LogP contribution >= 0.6 is 0 Å². The molecule has 1 aromatic rings. The van der Waals surface area contributed by atoms with Crippen molar-refractivity contribution in [3.05, 3.63) is 17.5 Å². The number of amides is 1. The van der Waals surface area contributed by atoms with Crippen molar-refractivity contribution in [3.8, 4) is 0 Å². The van der Waals surface area contributed by atoms with Crippen LogP contribution in [0.5, 0.6) is 0 Å². The van der Waals surface area contributed by atoms with Crippen LogP contribution in [0.2, 0.25) is 0 Å². The third-order valence-corrected chi connectivity index (χ3v) is 2.37. The Hall–Kier alpha value is -1.85. The van der Waals surface area contributed by atoms with Crippen molar-refractivity contribution in [1.29, 1.82) is 0 Å². The van der Waals surface area contributed by atoms with E-state index in [1.165, 1.54) is 0 Å². The molecule has 1 atom stereocenters. The molecule has 0 radical (unpaired) electrons. The van der Waals surface area contributed by atoms with Gasteiger partial charge in [-0.05, 0) is 6.92 Å². The van der Waals surface area contributed by atoms with Gasteiger partial charge in [0.2, 0.25) is 0 Å². The molecule has 6 heteroatoms. The van der Waals surface area contributed by atoms with Crippen molar-refractivity contribution in [3.63, 3.8) is 0 Å². The number of aromatic nitrogens is 2. The smallest absolute Gasteiger partial charge is 0.254 e. The van der Waals surface area contributed by atoms with E-state index >= 15 is 0 Å². The summed E-state index contributed by atoms with van der Waals surface area (Å²) in [4.78, 5) is 15.5. The number of aliphatic imine (C=N–C) groups is 1. The lowest BCUT2D eigenvalue weighted by Gasteiger charge is -2.05. The van der Waals surface area contributed by atoms with Gasteiger partial charge in [0.1, 0.15) is 6.04 Å². The van der Waals surface area contributed by atoms with Crippen LogP contribution < -0.4 is 10.6 Å². The van der Waals surface area contributed by atoms with Gasteiger partial charge in [-0.3, -0.25) is 19.8 Å². The maximum Gasteiger partial charge on any atom is 0.254 e. The Morgan fingerprint density at radius 2 is 2.33 bits per heavy atom. The molecule has 0 spiro atoms. The Labute approximate surface area is 87.4 Å². The average Bonchev–Trinajstić information content (AvgIpc) is 2.69.